The smallest absolute Gasteiger partial charge is 0.127 e. The lowest BCUT2D eigenvalue weighted by Gasteiger charge is -2.11. The van der Waals surface area contributed by atoms with Gasteiger partial charge in [0.2, 0.25) is 0 Å². The molecule has 0 aromatic heterocycles. The molecule has 0 saturated heterocycles. The van der Waals surface area contributed by atoms with Crippen LogP contribution in [0.5, 0.6) is 11.5 Å². The van der Waals surface area contributed by atoms with E-state index >= 15 is 0 Å². The summed E-state index contributed by atoms with van der Waals surface area (Å²) < 4.78 is 5.93. The van der Waals surface area contributed by atoms with Crippen molar-refractivity contribution in [1.29, 1.82) is 0 Å². The summed E-state index contributed by atoms with van der Waals surface area (Å²) in [5.74, 6) is 1.79. The molecule has 106 valence electrons. The first-order valence-electron chi connectivity index (χ1n) is 7.15. The monoisotopic (exact) mass is 269 g/mol. The Labute approximate surface area is 121 Å². The van der Waals surface area contributed by atoms with Gasteiger partial charge in [0.05, 0.1) is 0 Å². The van der Waals surface area contributed by atoms with Gasteiger partial charge in [-0.1, -0.05) is 19.1 Å². The van der Waals surface area contributed by atoms with Crippen LogP contribution in [0, 0.1) is 20.8 Å². The van der Waals surface area contributed by atoms with E-state index in [1.165, 1.54) is 22.3 Å². The fourth-order valence-electron chi connectivity index (χ4n) is 2.10. The number of ether oxygens (including phenoxy) is 1. The van der Waals surface area contributed by atoms with Gasteiger partial charge in [0.15, 0.2) is 0 Å². The van der Waals surface area contributed by atoms with Gasteiger partial charge in [-0.25, -0.2) is 0 Å². The standard InChI is InChI=1S/C18H23NO/c1-5-19-12-16-7-9-18(11-15(16)4)20-17-8-6-13(2)14(3)10-17/h6-11,19H,5,12H2,1-4H3. The number of benzene rings is 2. The van der Waals surface area contributed by atoms with Crippen molar-refractivity contribution in [1.82, 2.24) is 5.32 Å². The first-order chi connectivity index (χ1) is 9.60. The van der Waals surface area contributed by atoms with Crippen molar-refractivity contribution in [3.05, 3.63) is 58.7 Å². The molecule has 2 aromatic rings. The average molecular weight is 269 g/mol. The van der Waals surface area contributed by atoms with Crippen molar-refractivity contribution in [3.8, 4) is 11.5 Å². The van der Waals surface area contributed by atoms with Crippen LogP contribution in [0.3, 0.4) is 0 Å². The van der Waals surface area contributed by atoms with E-state index < -0.39 is 0 Å². The van der Waals surface area contributed by atoms with Crippen molar-refractivity contribution in [2.24, 2.45) is 0 Å². The van der Waals surface area contributed by atoms with Crippen molar-refractivity contribution in [2.75, 3.05) is 6.54 Å². The lowest BCUT2D eigenvalue weighted by atomic mass is 10.1. The molecular formula is C18H23NO. The quantitative estimate of drug-likeness (QED) is 0.862. The first kappa shape index (κ1) is 14.6. The minimum atomic E-state index is 0.894. The van der Waals surface area contributed by atoms with Crippen molar-refractivity contribution < 1.29 is 4.74 Å². The van der Waals surface area contributed by atoms with E-state index in [1.54, 1.807) is 0 Å². The van der Waals surface area contributed by atoms with Gasteiger partial charge in [-0.2, -0.15) is 0 Å². The Morgan fingerprint density at radius 1 is 0.850 bits per heavy atom. The van der Waals surface area contributed by atoms with Gasteiger partial charge in [0, 0.05) is 6.54 Å². The van der Waals surface area contributed by atoms with Crippen LogP contribution in [0.1, 0.15) is 29.2 Å². The molecule has 0 saturated carbocycles. The number of hydrogen-bond donors (Lipinski definition) is 1. The summed E-state index contributed by atoms with van der Waals surface area (Å²) in [6.45, 7) is 10.4. The van der Waals surface area contributed by atoms with Crippen LogP contribution in [0.2, 0.25) is 0 Å². The van der Waals surface area contributed by atoms with Gasteiger partial charge < -0.3 is 10.1 Å². The van der Waals surface area contributed by atoms with E-state index in [-0.39, 0.29) is 0 Å². The zero-order valence-electron chi connectivity index (χ0n) is 12.8. The van der Waals surface area contributed by atoms with Crippen LogP contribution in [0.15, 0.2) is 36.4 Å². The maximum atomic E-state index is 5.93. The number of aryl methyl sites for hydroxylation is 3. The highest BCUT2D eigenvalue weighted by Gasteiger charge is 2.03. The van der Waals surface area contributed by atoms with Crippen LogP contribution < -0.4 is 10.1 Å². The van der Waals surface area contributed by atoms with Gasteiger partial charge in [-0.05, 0) is 73.8 Å². The molecule has 2 heteroatoms. The van der Waals surface area contributed by atoms with Gasteiger partial charge in [0.25, 0.3) is 0 Å². The molecule has 0 aliphatic heterocycles. The van der Waals surface area contributed by atoms with Crippen LogP contribution in [-0.4, -0.2) is 6.54 Å². The van der Waals surface area contributed by atoms with Crippen molar-refractivity contribution in [2.45, 2.75) is 34.2 Å². The van der Waals surface area contributed by atoms with E-state index in [0.29, 0.717) is 0 Å². The molecule has 0 amide bonds. The Morgan fingerprint density at radius 2 is 1.50 bits per heavy atom. The molecule has 0 unspecified atom stereocenters. The highest BCUT2D eigenvalue weighted by molar-refractivity contribution is 5.40. The molecule has 0 aliphatic carbocycles. The van der Waals surface area contributed by atoms with Gasteiger partial charge >= 0.3 is 0 Å². The highest BCUT2D eigenvalue weighted by Crippen LogP contribution is 2.25. The second-order valence-corrected chi connectivity index (χ2v) is 5.22. The van der Waals surface area contributed by atoms with Gasteiger partial charge in [-0.3, -0.25) is 0 Å². The third-order valence-electron chi connectivity index (χ3n) is 3.59. The largest absolute Gasteiger partial charge is 0.457 e. The second kappa shape index (κ2) is 6.58. The highest BCUT2D eigenvalue weighted by atomic mass is 16.5. The minimum absolute atomic E-state index is 0.894. The lowest BCUT2D eigenvalue weighted by Crippen LogP contribution is -2.12. The molecule has 2 aromatic carbocycles. The third-order valence-corrected chi connectivity index (χ3v) is 3.59. The zero-order chi connectivity index (χ0) is 14.5. The first-order valence-corrected chi connectivity index (χ1v) is 7.15. The fourth-order valence-corrected chi connectivity index (χ4v) is 2.10. The Kier molecular flexibility index (Phi) is 4.80. The van der Waals surface area contributed by atoms with Crippen molar-refractivity contribution >= 4 is 0 Å². The second-order valence-electron chi connectivity index (χ2n) is 5.22. The number of rotatable bonds is 5. The van der Waals surface area contributed by atoms with Crippen LogP contribution in [0.4, 0.5) is 0 Å². The summed E-state index contributed by atoms with van der Waals surface area (Å²) in [6, 6.07) is 12.5. The number of hydrogen-bond acceptors (Lipinski definition) is 2. The molecular weight excluding hydrogens is 246 g/mol. The molecule has 0 bridgehead atoms. The van der Waals surface area contributed by atoms with Crippen LogP contribution >= 0.6 is 0 Å². The van der Waals surface area contributed by atoms with Crippen molar-refractivity contribution in [3.63, 3.8) is 0 Å². The maximum absolute atomic E-state index is 5.93. The third kappa shape index (κ3) is 3.61. The lowest BCUT2D eigenvalue weighted by molar-refractivity contribution is 0.481. The molecule has 0 heterocycles. The number of nitrogens with one attached hydrogen (secondary N) is 1. The summed E-state index contributed by atoms with van der Waals surface area (Å²) in [5.41, 5.74) is 5.11. The van der Waals surface area contributed by atoms with Gasteiger partial charge in [-0.15, -0.1) is 0 Å². The Hall–Kier alpha value is -1.80. The normalized spacial score (nSPS) is 10.6. The molecule has 0 radical (unpaired) electrons. The van der Waals surface area contributed by atoms with Crippen LogP contribution in [-0.2, 0) is 6.54 Å². The molecule has 2 nitrogen and oxygen atoms in total. The molecule has 1 N–H and O–H groups in total. The Balaban J connectivity index is 2.13. The minimum Gasteiger partial charge on any atom is -0.457 e. The summed E-state index contributed by atoms with van der Waals surface area (Å²) in [6.07, 6.45) is 0. The molecule has 20 heavy (non-hydrogen) atoms. The molecule has 0 fully saturated rings. The summed E-state index contributed by atoms with van der Waals surface area (Å²) in [4.78, 5) is 0. The Morgan fingerprint density at radius 3 is 2.10 bits per heavy atom. The topological polar surface area (TPSA) is 21.3 Å². The summed E-state index contributed by atoms with van der Waals surface area (Å²) >= 11 is 0. The molecule has 0 aliphatic rings. The molecule has 0 spiro atoms. The fraction of sp³-hybridized carbons (Fsp3) is 0.333. The maximum Gasteiger partial charge on any atom is 0.127 e. The summed E-state index contributed by atoms with van der Waals surface area (Å²) in [5, 5.41) is 3.35. The van der Waals surface area contributed by atoms with E-state index in [0.717, 1.165) is 24.6 Å². The predicted octanol–water partition coefficient (Wildman–Crippen LogP) is 4.51. The van der Waals surface area contributed by atoms with E-state index in [4.69, 9.17) is 4.74 Å². The van der Waals surface area contributed by atoms with E-state index in [1.807, 2.05) is 12.1 Å². The van der Waals surface area contributed by atoms with Crippen LogP contribution in [0.25, 0.3) is 0 Å². The SMILES string of the molecule is CCNCc1ccc(Oc2ccc(C)c(C)c2)cc1C. The van der Waals surface area contributed by atoms with Gasteiger partial charge in [0.1, 0.15) is 11.5 Å². The Bertz CT molecular complexity index is 590. The van der Waals surface area contributed by atoms with E-state index in [9.17, 15) is 0 Å². The molecule has 0 atom stereocenters. The average Bonchev–Trinajstić information content (AvgIpc) is 2.42. The zero-order valence-corrected chi connectivity index (χ0v) is 12.8. The van der Waals surface area contributed by atoms with E-state index in [2.05, 4.69) is 57.3 Å². The molecule has 2 rings (SSSR count). The predicted molar refractivity (Wildman–Crippen MR) is 84.5 cm³/mol. The summed E-state index contributed by atoms with van der Waals surface area (Å²) in [7, 11) is 0.